The predicted molar refractivity (Wildman–Crippen MR) is 129 cm³/mol. The number of pyridine rings is 1. The lowest BCUT2D eigenvalue weighted by Gasteiger charge is -2.23. The smallest absolute Gasteiger partial charge is 0.475 e. The first-order chi connectivity index (χ1) is 19.1. The van der Waals surface area contributed by atoms with Crippen LogP contribution in [0.5, 0.6) is 0 Å². The molecular formula is C25H26F6N4O6. The van der Waals surface area contributed by atoms with Crippen molar-refractivity contribution in [2.45, 2.75) is 45.0 Å². The molecule has 1 aliphatic heterocycles. The molecule has 0 fully saturated rings. The van der Waals surface area contributed by atoms with E-state index >= 15 is 0 Å². The molecule has 0 bridgehead atoms. The summed E-state index contributed by atoms with van der Waals surface area (Å²) in [6, 6.07) is 12.0. The number of aromatic nitrogens is 2. The molecule has 0 aliphatic carbocycles. The van der Waals surface area contributed by atoms with Crippen molar-refractivity contribution in [2.24, 2.45) is 5.92 Å². The van der Waals surface area contributed by atoms with Crippen LogP contribution in [0, 0.1) is 5.92 Å². The Morgan fingerprint density at radius 1 is 0.976 bits per heavy atom. The molecule has 3 aromatic rings. The predicted octanol–water partition coefficient (Wildman–Crippen LogP) is 4.08. The van der Waals surface area contributed by atoms with E-state index in [1.807, 2.05) is 24.4 Å². The molecule has 3 aromatic heterocycles. The maximum absolute atomic E-state index is 12.4. The van der Waals surface area contributed by atoms with E-state index in [0.29, 0.717) is 13.0 Å². The Morgan fingerprint density at radius 3 is 2.17 bits per heavy atom. The third-order valence-corrected chi connectivity index (χ3v) is 5.41. The van der Waals surface area contributed by atoms with E-state index in [-0.39, 0.29) is 11.8 Å². The highest BCUT2D eigenvalue weighted by molar-refractivity contribution is 5.76. The molecular weight excluding hydrogens is 566 g/mol. The van der Waals surface area contributed by atoms with Crippen LogP contribution >= 0.6 is 0 Å². The number of nitrogens with one attached hydrogen (secondary N) is 1. The topological polar surface area (TPSA) is 138 Å². The van der Waals surface area contributed by atoms with Crippen molar-refractivity contribution in [1.82, 2.24) is 19.8 Å². The Balaban J connectivity index is 0.000000349. The lowest BCUT2D eigenvalue weighted by Crippen LogP contribution is -2.32. The number of carbonyl (C=O) groups excluding carboxylic acids is 1. The number of furan rings is 1. The van der Waals surface area contributed by atoms with Gasteiger partial charge in [0.15, 0.2) is 0 Å². The average molecular weight is 592 g/mol. The fraction of sp³-hybridized carbons (Fsp3) is 0.360. The maximum Gasteiger partial charge on any atom is 0.490 e. The number of carboxylic acids is 2. The van der Waals surface area contributed by atoms with Crippen LogP contribution in [-0.2, 0) is 40.6 Å². The van der Waals surface area contributed by atoms with E-state index in [1.165, 1.54) is 11.3 Å². The lowest BCUT2D eigenvalue weighted by atomic mass is 10.0. The Morgan fingerprint density at radius 2 is 1.63 bits per heavy atom. The molecule has 0 radical (unpaired) electrons. The highest BCUT2D eigenvalue weighted by atomic mass is 19.4. The second-order valence-corrected chi connectivity index (χ2v) is 8.71. The van der Waals surface area contributed by atoms with E-state index in [0.717, 1.165) is 31.9 Å². The quantitative estimate of drug-likeness (QED) is 0.364. The molecule has 1 aliphatic rings. The minimum absolute atomic E-state index is 0.0633. The van der Waals surface area contributed by atoms with Gasteiger partial charge in [0.1, 0.15) is 5.76 Å². The largest absolute Gasteiger partial charge is 0.490 e. The van der Waals surface area contributed by atoms with Gasteiger partial charge < -0.3 is 24.5 Å². The third-order valence-electron chi connectivity index (χ3n) is 5.41. The molecule has 1 unspecified atom stereocenters. The minimum Gasteiger partial charge on any atom is -0.475 e. The summed E-state index contributed by atoms with van der Waals surface area (Å²) >= 11 is 0. The maximum atomic E-state index is 12.4. The first kappa shape index (κ1) is 32.9. The molecule has 1 atom stereocenters. The van der Waals surface area contributed by atoms with Crippen LogP contribution in [0.15, 0.2) is 65.7 Å². The lowest BCUT2D eigenvalue weighted by molar-refractivity contribution is -0.193. The number of carbonyl (C=O) groups is 3. The summed E-state index contributed by atoms with van der Waals surface area (Å²) < 4.78 is 71.0. The zero-order chi connectivity index (χ0) is 30.6. The van der Waals surface area contributed by atoms with Gasteiger partial charge in [-0.05, 0) is 41.8 Å². The van der Waals surface area contributed by atoms with E-state index in [1.54, 1.807) is 12.5 Å². The van der Waals surface area contributed by atoms with Crippen molar-refractivity contribution in [3.8, 4) is 0 Å². The molecule has 4 rings (SSSR count). The van der Waals surface area contributed by atoms with Crippen LogP contribution < -0.4 is 5.32 Å². The monoisotopic (exact) mass is 592 g/mol. The van der Waals surface area contributed by atoms with Crippen LogP contribution in [0.1, 0.15) is 23.4 Å². The highest BCUT2D eigenvalue weighted by Crippen LogP contribution is 2.21. The summed E-state index contributed by atoms with van der Waals surface area (Å²) in [7, 11) is 0. The third kappa shape index (κ3) is 12.2. The van der Waals surface area contributed by atoms with E-state index in [2.05, 4.69) is 44.2 Å². The molecule has 10 nitrogen and oxygen atoms in total. The average Bonchev–Trinajstić information content (AvgIpc) is 3.52. The van der Waals surface area contributed by atoms with Gasteiger partial charge in [-0.3, -0.25) is 14.7 Å². The van der Waals surface area contributed by atoms with Crippen molar-refractivity contribution in [3.05, 3.63) is 78.3 Å². The summed E-state index contributed by atoms with van der Waals surface area (Å²) in [5.41, 5.74) is 2.48. The number of nitrogens with zero attached hydrogens (tertiary/aromatic N) is 3. The Kier molecular flexibility index (Phi) is 11.9. The number of fused-ring (bicyclic) bond motifs is 1. The molecule has 41 heavy (non-hydrogen) atoms. The van der Waals surface area contributed by atoms with Crippen LogP contribution in [0.2, 0.25) is 0 Å². The van der Waals surface area contributed by atoms with Crippen LogP contribution in [0.4, 0.5) is 26.3 Å². The molecule has 0 saturated heterocycles. The van der Waals surface area contributed by atoms with Gasteiger partial charge >= 0.3 is 24.3 Å². The number of amides is 1. The summed E-state index contributed by atoms with van der Waals surface area (Å²) in [4.78, 5) is 36.9. The minimum atomic E-state index is -5.08. The normalized spacial score (nSPS) is 15.2. The van der Waals surface area contributed by atoms with Gasteiger partial charge in [0.2, 0.25) is 5.91 Å². The van der Waals surface area contributed by atoms with Crippen molar-refractivity contribution >= 4 is 17.8 Å². The van der Waals surface area contributed by atoms with Gasteiger partial charge in [0.05, 0.1) is 12.8 Å². The number of carboxylic acid groups (broad SMARTS) is 2. The number of halogens is 6. The van der Waals surface area contributed by atoms with E-state index < -0.39 is 24.3 Å². The van der Waals surface area contributed by atoms with Crippen molar-refractivity contribution in [1.29, 1.82) is 0 Å². The number of aliphatic carboxylic acids is 2. The van der Waals surface area contributed by atoms with Crippen LogP contribution in [0.3, 0.4) is 0 Å². The number of alkyl halides is 6. The first-order valence-electron chi connectivity index (χ1n) is 11.8. The SMILES string of the molecule is O=C(CC1CN(Cc2cccnc2)Cc2cccn2C1)NCc1ccco1.O=C(O)C(F)(F)F.O=C(O)C(F)(F)F. The standard InChI is InChI=1S/C21H24N4O2.2C2HF3O2/c26-21(23-12-20-6-3-9-27-20)10-18-14-24(13-17-4-1-7-22-11-17)16-19-5-2-8-25(19)15-18;2*3-2(4,5)1(6)7/h1-9,11,18H,10,12-16H2,(H,23,26);2*(H,6,7). The van der Waals surface area contributed by atoms with Gasteiger partial charge in [-0.2, -0.15) is 26.3 Å². The molecule has 0 aromatic carbocycles. The Labute approximate surface area is 229 Å². The van der Waals surface area contributed by atoms with Gasteiger partial charge in [-0.15, -0.1) is 0 Å². The van der Waals surface area contributed by atoms with E-state index in [9.17, 15) is 31.1 Å². The fourth-order valence-electron chi connectivity index (χ4n) is 3.70. The second kappa shape index (κ2) is 14.9. The summed E-state index contributed by atoms with van der Waals surface area (Å²) in [5.74, 6) is -4.42. The second-order valence-electron chi connectivity index (χ2n) is 8.71. The zero-order valence-corrected chi connectivity index (χ0v) is 21.2. The van der Waals surface area contributed by atoms with Crippen molar-refractivity contribution < 1.29 is 55.4 Å². The molecule has 3 N–H and O–H groups in total. The molecule has 0 spiro atoms. The first-order valence-corrected chi connectivity index (χ1v) is 11.8. The number of hydrogen-bond donors (Lipinski definition) is 3. The van der Waals surface area contributed by atoms with Gasteiger partial charge in [0.25, 0.3) is 0 Å². The molecule has 1 amide bonds. The number of hydrogen-bond acceptors (Lipinski definition) is 6. The number of rotatable bonds is 6. The van der Waals surface area contributed by atoms with Gasteiger partial charge in [-0.25, -0.2) is 9.59 Å². The Bertz CT molecular complexity index is 1220. The van der Waals surface area contributed by atoms with E-state index in [4.69, 9.17) is 24.2 Å². The molecule has 0 saturated carbocycles. The summed E-state index contributed by atoms with van der Waals surface area (Å²) in [6.07, 6.45) is -2.23. The molecule has 224 valence electrons. The highest BCUT2D eigenvalue weighted by Gasteiger charge is 2.38. The summed E-state index contributed by atoms with van der Waals surface area (Å²) in [6.45, 7) is 3.90. The van der Waals surface area contributed by atoms with Crippen LogP contribution in [-0.4, -0.2) is 61.4 Å². The summed E-state index contributed by atoms with van der Waals surface area (Å²) in [5, 5.41) is 17.2. The van der Waals surface area contributed by atoms with Gasteiger partial charge in [-0.1, -0.05) is 6.07 Å². The molecule has 4 heterocycles. The van der Waals surface area contributed by atoms with Crippen molar-refractivity contribution in [2.75, 3.05) is 6.54 Å². The molecule has 16 heteroatoms. The van der Waals surface area contributed by atoms with Gasteiger partial charge in [0, 0.05) is 56.9 Å². The van der Waals surface area contributed by atoms with Crippen molar-refractivity contribution in [3.63, 3.8) is 0 Å². The Hall–Kier alpha value is -4.34. The zero-order valence-electron chi connectivity index (χ0n) is 21.2. The van der Waals surface area contributed by atoms with Crippen LogP contribution in [0.25, 0.3) is 0 Å². The fourth-order valence-corrected chi connectivity index (χ4v) is 3.70.